The van der Waals surface area contributed by atoms with E-state index in [0.29, 0.717) is 24.3 Å². The second-order valence-electron chi connectivity index (χ2n) is 6.06. The highest BCUT2D eigenvalue weighted by molar-refractivity contribution is 5.97. The number of nitrogens with zero attached hydrogens (tertiary/aromatic N) is 1. The van der Waals surface area contributed by atoms with Crippen LogP contribution >= 0.6 is 0 Å². The van der Waals surface area contributed by atoms with Gasteiger partial charge in [-0.15, -0.1) is 0 Å². The summed E-state index contributed by atoms with van der Waals surface area (Å²) in [6, 6.07) is 7.71. The molecule has 0 spiro atoms. The van der Waals surface area contributed by atoms with Gasteiger partial charge < -0.3 is 4.90 Å². The summed E-state index contributed by atoms with van der Waals surface area (Å²) in [5.74, 6) is 0.774. The summed E-state index contributed by atoms with van der Waals surface area (Å²) in [6.45, 7) is 5.97. The topological polar surface area (TPSA) is 37.4 Å². The summed E-state index contributed by atoms with van der Waals surface area (Å²) in [7, 11) is 0. The molecule has 3 nitrogen and oxygen atoms in total. The number of piperidine rings is 1. The first kappa shape index (κ1) is 15.7. The predicted octanol–water partition coefficient (Wildman–Crippen LogP) is 3.47. The molecule has 0 bridgehead atoms. The van der Waals surface area contributed by atoms with E-state index in [2.05, 4.69) is 13.8 Å². The summed E-state index contributed by atoms with van der Waals surface area (Å²) < 4.78 is 0. The van der Waals surface area contributed by atoms with Crippen LogP contribution in [-0.2, 0) is 11.2 Å². The van der Waals surface area contributed by atoms with Crippen LogP contribution in [0.25, 0.3) is 0 Å². The molecule has 3 heteroatoms. The number of likely N-dealkylation sites (tertiary alicyclic amines) is 1. The van der Waals surface area contributed by atoms with Gasteiger partial charge in [-0.05, 0) is 30.7 Å². The zero-order chi connectivity index (χ0) is 15.2. The van der Waals surface area contributed by atoms with E-state index in [-0.39, 0.29) is 11.7 Å². The molecule has 1 aliphatic heterocycles. The lowest BCUT2D eigenvalue weighted by molar-refractivity contribution is -0.132. The van der Waals surface area contributed by atoms with Crippen molar-refractivity contribution in [3.05, 3.63) is 35.4 Å². The zero-order valence-electron chi connectivity index (χ0n) is 13.1. The van der Waals surface area contributed by atoms with Crippen LogP contribution in [0, 0.1) is 5.92 Å². The van der Waals surface area contributed by atoms with Crippen LogP contribution < -0.4 is 0 Å². The molecule has 1 fully saturated rings. The Kier molecular flexibility index (Phi) is 5.54. The Morgan fingerprint density at radius 2 is 1.90 bits per heavy atom. The van der Waals surface area contributed by atoms with Gasteiger partial charge in [0.2, 0.25) is 5.91 Å². The first-order valence-electron chi connectivity index (χ1n) is 8.00. The van der Waals surface area contributed by atoms with Gasteiger partial charge >= 0.3 is 0 Å². The molecule has 1 amide bonds. The number of ketones is 1. The molecular weight excluding hydrogens is 262 g/mol. The van der Waals surface area contributed by atoms with E-state index in [9.17, 15) is 9.59 Å². The molecule has 0 saturated carbocycles. The van der Waals surface area contributed by atoms with Gasteiger partial charge in [0.05, 0.1) is 0 Å². The Bertz CT molecular complexity index is 492. The van der Waals surface area contributed by atoms with Gasteiger partial charge in [0.1, 0.15) is 0 Å². The van der Waals surface area contributed by atoms with Crippen molar-refractivity contribution in [1.29, 1.82) is 0 Å². The van der Waals surface area contributed by atoms with Crippen molar-refractivity contribution in [1.82, 2.24) is 4.90 Å². The highest BCUT2D eigenvalue weighted by Gasteiger charge is 2.21. The van der Waals surface area contributed by atoms with Crippen molar-refractivity contribution in [2.75, 3.05) is 13.1 Å². The second-order valence-corrected chi connectivity index (χ2v) is 6.06. The molecular formula is C18H25NO2. The largest absolute Gasteiger partial charge is 0.342 e. The average molecular weight is 287 g/mol. The molecule has 1 atom stereocenters. The minimum absolute atomic E-state index is 0.0658. The van der Waals surface area contributed by atoms with E-state index < -0.39 is 0 Å². The molecule has 1 unspecified atom stereocenters. The van der Waals surface area contributed by atoms with Crippen molar-refractivity contribution in [3.63, 3.8) is 0 Å². The molecule has 0 N–H and O–H groups in total. The molecule has 1 heterocycles. The van der Waals surface area contributed by atoms with Gasteiger partial charge in [-0.2, -0.15) is 0 Å². The van der Waals surface area contributed by atoms with Gasteiger partial charge in [0.25, 0.3) is 0 Å². The van der Waals surface area contributed by atoms with Crippen molar-refractivity contribution in [2.24, 2.45) is 5.92 Å². The Balaban J connectivity index is 1.83. The third kappa shape index (κ3) is 4.42. The van der Waals surface area contributed by atoms with Crippen molar-refractivity contribution >= 4 is 11.7 Å². The molecule has 114 valence electrons. The summed E-state index contributed by atoms with van der Waals surface area (Å²) in [4.78, 5) is 26.2. The highest BCUT2D eigenvalue weighted by atomic mass is 16.2. The van der Waals surface area contributed by atoms with E-state index in [1.54, 1.807) is 0 Å². The van der Waals surface area contributed by atoms with E-state index >= 15 is 0 Å². The van der Waals surface area contributed by atoms with Crippen LogP contribution in [0.2, 0.25) is 0 Å². The lowest BCUT2D eigenvalue weighted by atomic mass is 9.99. The fourth-order valence-corrected chi connectivity index (χ4v) is 2.87. The van der Waals surface area contributed by atoms with Crippen molar-refractivity contribution in [3.8, 4) is 0 Å². The molecule has 1 aromatic carbocycles. The normalized spacial score (nSPS) is 18.6. The summed E-state index contributed by atoms with van der Waals surface area (Å²) >= 11 is 0. The molecule has 2 rings (SSSR count). The molecule has 0 aliphatic carbocycles. The Hall–Kier alpha value is -1.64. The summed E-state index contributed by atoms with van der Waals surface area (Å²) in [6.07, 6.45) is 3.90. The number of rotatable bonds is 5. The summed E-state index contributed by atoms with van der Waals surface area (Å²) in [5.41, 5.74) is 1.94. The SMILES string of the molecule is CCc1ccc(C(=O)CCC(=O)N2CCCC(C)C2)cc1. The third-order valence-electron chi connectivity index (χ3n) is 4.26. The fraction of sp³-hybridized carbons (Fsp3) is 0.556. The number of hydrogen-bond donors (Lipinski definition) is 0. The quantitative estimate of drug-likeness (QED) is 0.778. The first-order chi connectivity index (χ1) is 10.1. The van der Waals surface area contributed by atoms with Crippen molar-refractivity contribution in [2.45, 2.75) is 46.0 Å². The molecule has 21 heavy (non-hydrogen) atoms. The standard InChI is InChI=1S/C18H25NO2/c1-3-15-6-8-16(9-7-15)17(20)10-11-18(21)19-12-4-5-14(2)13-19/h6-9,14H,3-5,10-13H2,1-2H3. The minimum atomic E-state index is 0.0658. The van der Waals surface area contributed by atoms with E-state index in [4.69, 9.17) is 0 Å². The van der Waals surface area contributed by atoms with Crippen LogP contribution in [0.1, 0.15) is 55.5 Å². The maximum absolute atomic E-state index is 12.2. The van der Waals surface area contributed by atoms with E-state index in [0.717, 1.165) is 25.9 Å². The van der Waals surface area contributed by atoms with Crippen LogP contribution in [0.3, 0.4) is 0 Å². The van der Waals surface area contributed by atoms with Gasteiger partial charge in [0.15, 0.2) is 5.78 Å². The average Bonchev–Trinajstić information content (AvgIpc) is 2.52. The Morgan fingerprint density at radius 1 is 1.19 bits per heavy atom. The Morgan fingerprint density at radius 3 is 2.52 bits per heavy atom. The molecule has 0 aromatic heterocycles. The maximum Gasteiger partial charge on any atom is 0.223 e. The lowest BCUT2D eigenvalue weighted by Crippen LogP contribution is -2.39. The van der Waals surface area contributed by atoms with Crippen molar-refractivity contribution < 1.29 is 9.59 Å². The van der Waals surface area contributed by atoms with E-state index in [1.165, 1.54) is 12.0 Å². The van der Waals surface area contributed by atoms with Gasteiger partial charge in [-0.3, -0.25) is 9.59 Å². The van der Waals surface area contributed by atoms with Gasteiger partial charge in [-0.25, -0.2) is 0 Å². The van der Waals surface area contributed by atoms with E-state index in [1.807, 2.05) is 29.2 Å². The Labute approximate surface area is 127 Å². The van der Waals surface area contributed by atoms with Crippen LogP contribution in [0.15, 0.2) is 24.3 Å². The monoisotopic (exact) mass is 287 g/mol. The second kappa shape index (κ2) is 7.39. The molecule has 0 radical (unpaired) electrons. The zero-order valence-corrected chi connectivity index (χ0v) is 13.1. The highest BCUT2D eigenvalue weighted by Crippen LogP contribution is 2.17. The maximum atomic E-state index is 12.2. The first-order valence-corrected chi connectivity index (χ1v) is 8.00. The fourth-order valence-electron chi connectivity index (χ4n) is 2.87. The lowest BCUT2D eigenvalue weighted by Gasteiger charge is -2.31. The summed E-state index contributed by atoms with van der Waals surface area (Å²) in [5, 5.41) is 0. The van der Waals surface area contributed by atoms with Crippen LogP contribution in [0.5, 0.6) is 0 Å². The number of carbonyl (C=O) groups excluding carboxylic acids is 2. The molecule has 1 aromatic rings. The van der Waals surface area contributed by atoms with Gasteiger partial charge in [0, 0.05) is 31.5 Å². The number of benzene rings is 1. The number of hydrogen-bond acceptors (Lipinski definition) is 2. The smallest absolute Gasteiger partial charge is 0.223 e. The number of carbonyl (C=O) groups is 2. The van der Waals surface area contributed by atoms with Crippen LogP contribution in [0.4, 0.5) is 0 Å². The number of amides is 1. The minimum Gasteiger partial charge on any atom is -0.342 e. The van der Waals surface area contributed by atoms with Gasteiger partial charge in [-0.1, -0.05) is 38.1 Å². The molecule has 1 saturated heterocycles. The number of aryl methyl sites for hydroxylation is 1. The third-order valence-corrected chi connectivity index (χ3v) is 4.26. The van der Waals surface area contributed by atoms with Crippen LogP contribution in [-0.4, -0.2) is 29.7 Å². The molecule has 1 aliphatic rings. The predicted molar refractivity (Wildman–Crippen MR) is 84.4 cm³/mol. The number of Topliss-reactive ketones (excluding diaryl/α,β-unsaturated/α-hetero) is 1.